The van der Waals surface area contributed by atoms with Crippen LogP contribution < -0.4 is 0 Å². The number of carbonyl (C=O) groups excluding carboxylic acids is 1. The summed E-state index contributed by atoms with van der Waals surface area (Å²) in [6.07, 6.45) is 4.84. The van der Waals surface area contributed by atoms with Gasteiger partial charge in [-0.15, -0.1) is 0 Å². The second-order valence-electron chi connectivity index (χ2n) is 7.91. The summed E-state index contributed by atoms with van der Waals surface area (Å²) in [6.45, 7) is 4.94. The van der Waals surface area contributed by atoms with Gasteiger partial charge in [0.25, 0.3) is 0 Å². The third-order valence-corrected chi connectivity index (χ3v) is 5.61. The Bertz CT molecular complexity index is 1030. The van der Waals surface area contributed by atoms with Crippen LogP contribution in [0.25, 0.3) is 22.2 Å². The van der Waals surface area contributed by atoms with Gasteiger partial charge < -0.3 is 14.6 Å². The van der Waals surface area contributed by atoms with Crippen molar-refractivity contribution in [2.75, 3.05) is 13.1 Å². The normalized spacial score (nSPS) is 16.5. The first-order chi connectivity index (χ1) is 13.3. The van der Waals surface area contributed by atoms with Crippen LogP contribution >= 0.6 is 0 Å². The Hall–Kier alpha value is -2.73. The van der Waals surface area contributed by atoms with Gasteiger partial charge in [0.1, 0.15) is 12.4 Å². The van der Waals surface area contributed by atoms with Crippen molar-refractivity contribution in [2.45, 2.75) is 38.8 Å². The summed E-state index contributed by atoms with van der Waals surface area (Å²) >= 11 is 0. The van der Waals surface area contributed by atoms with Crippen molar-refractivity contribution in [3.63, 3.8) is 0 Å². The molecule has 5 nitrogen and oxygen atoms in total. The Balaban J connectivity index is 1.58. The van der Waals surface area contributed by atoms with Gasteiger partial charge >= 0.3 is 0 Å². The Morgan fingerprint density at radius 2 is 1.96 bits per heavy atom. The SMILES string of the molecule is Cc1cc(-c2cnc3ccn(CC(=O)N4CCC(C)(O)CC4)c3c2)ccc1F. The van der Waals surface area contributed by atoms with Crippen molar-refractivity contribution in [1.29, 1.82) is 0 Å². The van der Waals surface area contributed by atoms with Crippen molar-refractivity contribution in [3.8, 4) is 11.1 Å². The fraction of sp³-hybridized carbons (Fsp3) is 0.364. The number of carbonyl (C=O) groups is 1. The Labute approximate surface area is 163 Å². The number of fused-ring (bicyclic) bond motifs is 1. The van der Waals surface area contributed by atoms with Gasteiger partial charge in [-0.25, -0.2) is 4.39 Å². The van der Waals surface area contributed by atoms with E-state index in [1.165, 1.54) is 6.07 Å². The van der Waals surface area contributed by atoms with Crippen molar-refractivity contribution in [1.82, 2.24) is 14.5 Å². The van der Waals surface area contributed by atoms with E-state index in [-0.39, 0.29) is 18.3 Å². The first-order valence-electron chi connectivity index (χ1n) is 9.54. The van der Waals surface area contributed by atoms with Crippen molar-refractivity contribution < 1.29 is 14.3 Å². The number of aromatic nitrogens is 2. The number of benzene rings is 1. The van der Waals surface area contributed by atoms with E-state index in [9.17, 15) is 14.3 Å². The number of aliphatic hydroxyl groups is 1. The van der Waals surface area contributed by atoms with Crippen LogP contribution in [0.2, 0.25) is 0 Å². The quantitative estimate of drug-likeness (QED) is 0.755. The fourth-order valence-electron chi connectivity index (χ4n) is 3.67. The van der Waals surface area contributed by atoms with E-state index in [4.69, 9.17) is 0 Å². The molecule has 0 unspecified atom stereocenters. The van der Waals surface area contributed by atoms with E-state index in [0.29, 0.717) is 31.5 Å². The van der Waals surface area contributed by atoms with E-state index in [1.807, 2.05) is 34.7 Å². The summed E-state index contributed by atoms with van der Waals surface area (Å²) in [5.41, 5.74) is 3.38. The molecule has 1 aliphatic heterocycles. The summed E-state index contributed by atoms with van der Waals surface area (Å²) in [5, 5.41) is 10.1. The smallest absolute Gasteiger partial charge is 0.242 e. The second-order valence-corrected chi connectivity index (χ2v) is 7.91. The molecular weight excluding hydrogens is 357 g/mol. The maximum absolute atomic E-state index is 13.6. The lowest BCUT2D eigenvalue weighted by Gasteiger charge is -2.35. The number of piperidine rings is 1. The molecule has 3 heterocycles. The fourth-order valence-corrected chi connectivity index (χ4v) is 3.67. The Morgan fingerprint density at radius 3 is 2.68 bits per heavy atom. The molecule has 0 radical (unpaired) electrons. The standard InChI is InChI=1S/C22H24FN3O2/c1-15-11-16(3-4-18(15)23)17-12-20-19(24-13-17)5-8-26(20)14-21(27)25-9-6-22(2,28)7-10-25/h3-5,8,11-13,28H,6-7,9-10,14H2,1-2H3. The average Bonchev–Trinajstić information content (AvgIpc) is 3.06. The molecule has 0 bridgehead atoms. The number of pyridine rings is 1. The maximum Gasteiger partial charge on any atom is 0.242 e. The molecule has 0 aliphatic carbocycles. The van der Waals surface area contributed by atoms with Crippen LogP contribution in [0.5, 0.6) is 0 Å². The number of hydrogen-bond donors (Lipinski definition) is 1. The molecule has 3 aromatic rings. The van der Waals surface area contributed by atoms with Gasteiger partial charge in [0, 0.05) is 31.0 Å². The van der Waals surface area contributed by atoms with Crippen LogP contribution in [0.3, 0.4) is 0 Å². The van der Waals surface area contributed by atoms with Crippen LogP contribution in [0.15, 0.2) is 42.7 Å². The van der Waals surface area contributed by atoms with Crippen molar-refractivity contribution in [2.24, 2.45) is 0 Å². The lowest BCUT2D eigenvalue weighted by atomic mass is 9.94. The first kappa shape index (κ1) is 18.6. The molecule has 6 heteroatoms. The van der Waals surface area contributed by atoms with Crippen molar-refractivity contribution in [3.05, 3.63) is 54.1 Å². The zero-order valence-electron chi connectivity index (χ0n) is 16.2. The largest absolute Gasteiger partial charge is 0.390 e. The van der Waals surface area contributed by atoms with E-state index in [2.05, 4.69) is 4.98 Å². The molecule has 1 aromatic carbocycles. The molecule has 1 amide bonds. The summed E-state index contributed by atoms with van der Waals surface area (Å²) in [4.78, 5) is 19.0. The molecule has 0 saturated carbocycles. The van der Waals surface area contributed by atoms with Crippen molar-refractivity contribution >= 4 is 16.9 Å². The highest BCUT2D eigenvalue weighted by atomic mass is 19.1. The van der Waals surface area contributed by atoms with Gasteiger partial charge in [0.05, 0.1) is 16.6 Å². The zero-order chi connectivity index (χ0) is 19.9. The number of likely N-dealkylation sites (tertiary alicyclic amines) is 1. The van der Waals surface area contributed by atoms with E-state index >= 15 is 0 Å². The molecule has 4 rings (SSSR count). The molecule has 1 N–H and O–H groups in total. The van der Waals surface area contributed by atoms with E-state index in [0.717, 1.165) is 22.2 Å². The van der Waals surface area contributed by atoms with Crippen LogP contribution in [-0.4, -0.2) is 44.2 Å². The minimum atomic E-state index is -0.678. The average molecular weight is 381 g/mol. The number of rotatable bonds is 3. The van der Waals surface area contributed by atoms with Gasteiger partial charge in [-0.3, -0.25) is 9.78 Å². The van der Waals surface area contributed by atoms with Gasteiger partial charge in [-0.2, -0.15) is 0 Å². The number of amides is 1. The van der Waals surface area contributed by atoms with E-state index < -0.39 is 5.60 Å². The molecule has 1 saturated heterocycles. The highest BCUT2D eigenvalue weighted by Crippen LogP contribution is 2.26. The molecule has 28 heavy (non-hydrogen) atoms. The molecule has 1 aliphatic rings. The molecule has 0 atom stereocenters. The molecule has 1 fully saturated rings. The third-order valence-electron chi connectivity index (χ3n) is 5.61. The highest BCUT2D eigenvalue weighted by molar-refractivity contribution is 5.84. The van der Waals surface area contributed by atoms with Gasteiger partial charge in [0.15, 0.2) is 0 Å². The minimum Gasteiger partial charge on any atom is -0.390 e. The zero-order valence-corrected chi connectivity index (χ0v) is 16.2. The van der Waals surface area contributed by atoms with Gasteiger partial charge in [-0.1, -0.05) is 6.07 Å². The van der Waals surface area contributed by atoms with Crippen LogP contribution in [0, 0.1) is 12.7 Å². The summed E-state index contributed by atoms with van der Waals surface area (Å²) in [6, 6.07) is 8.88. The topological polar surface area (TPSA) is 58.4 Å². The second kappa shape index (κ2) is 7.02. The minimum absolute atomic E-state index is 0.0380. The molecule has 0 spiro atoms. The van der Waals surface area contributed by atoms with E-state index in [1.54, 1.807) is 25.3 Å². The Kier molecular flexibility index (Phi) is 4.67. The number of hydrogen-bond acceptors (Lipinski definition) is 3. The lowest BCUT2D eigenvalue weighted by molar-refractivity contribution is -0.135. The molecule has 146 valence electrons. The highest BCUT2D eigenvalue weighted by Gasteiger charge is 2.29. The summed E-state index contributed by atoms with van der Waals surface area (Å²) < 4.78 is 15.5. The van der Waals surface area contributed by atoms with Crippen LogP contribution in [0.4, 0.5) is 4.39 Å². The number of aryl methyl sites for hydroxylation is 1. The van der Waals surface area contributed by atoms with Crippen LogP contribution in [0.1, 0.15) is 25.3 Å². The number of nitrogens with zero attached hydrogens (tertiary/aromatic N) is 3. The predicted molar refractivity (Wildman–Crippen MR) is 106 cm³/mol. The summed E-state index contributed by atoms with van der Waals surface area (Å²) in [7, 11) is 0. The third kappa shape index (κ3) is 3.64. The maximum atomic E-state index is 13.6. The molecular formula is C22H24FN3O2. The summed E-state index contributed by atoms with van der Waals surface area (Å²) in [5.74, 6) is -0.191. The molecule has 2 aromatic heterocycles. The predicted octanol–water partition coefficient (Wildman–Crippen LogP) is 3.52. The van der Waals surface area contributed by atoms with Gasteiger partial charge in [-0.05, 0) is 62.1 Å². The monoisotopic (exact) mass is 381 g/mol. The first-order valence-corrected chi connectivity index (χ1v) is 9.54. The van der Waals surface area contributed by atoms with Crippen LogP contribution in [-0.2, 0) is 11.3 Å². The Morgan fingerprint density at radius 1 is 1.21 bits per heavy atom. The van der Waals surface area contributed by atoms with Gasteiger partial charge in [0.2, 0.25) is 5.91 Å². The lowest BCUT2D eigenvalue weighted by Crippen LogP contribution is -2.46. The number of halogens is 1.